The minimum Gasteiger partial charge on any atom is -0.506 e. The highest BCUT2D eigenvalue weighted by Gasteiger charge is 2.22. The second kappa shape index (κ2) is 6.25. The summed E-state index contributed by atoms with van der Waals surface area (Å²) in [5, 5.41) is 11.9. The van der Waals surface area contributed by atoms with Gasteiger partial charge in [-0.05, 0) is 18.2 Å². The summed E-state index contributed by atoms with van der Waals surface area (Å²) in [4.78, 5) is 28.3. The van der Waals surface area contributed by atoms with Gasteiger partial charge in [0.25, 0.3) is 0 Å². The zero-order valence-electron chi connectivity index (χ0n) is 11.9. The van der Waals surface area contributed by atoms with Gasteiger partial charge in [0.05, 0.1) is 6.20 Å². The Bertz CT molecular complexity index is 626. The lowest BCUT2D eigenvalue weighted by atomic mass is 10.3. The van der Waals surface area contributed by atoms with Gasteiger partial charge in [0.2, 0.25) is 5.95 Å². The van der Waals surface area contributed by atoms with E-state index in [1.54, 1.807) is 29.4 Å². The highest BCUT2D eigenvalue weighted by atomic mass is 16.3. The number of nitrogens with one attached hydrogen (secondary N) is 1. The second-order valence-corrected chi connectivity index (χ2v) is 4.85. The number of hydrogen-bond donors (Lipinski definition) is 2. The molecule has 8 heteroatoms. The predicted molar refractivity (Wildman–Crippen MR) is 80.7 cm³/mol. The van der Waals surface area contributed by atoms with E-state index in [0.717, 1.165) is 0 Å². The molecule has 1 aliphatic rings. The Hall–Kier alpha value is -2.90. The standard InChI is InChI=1S/C14H16N6O2/c21-11-2-3-12(17-10-11)18-14(22)20-8-6-19(7-9-20)13-15-4-1-5-16-13/h1-5,10,21H,6-9H2,(H,17,18,22). The van der Waals surface area contributed by atoms with Crippen LogP contribution in [0.2, 0.25) is 0 Å². The first kappa shape index (κ1) is 14.1. The van der Waals surface area contributed by atoms with Gasteiger partial charge in [-0.25, -0.2) is 19.7 Å². The molecule has 1 aliphatic heterocycles. The summed E-state index contributed by atoms with van der Waals surface area (Å²) in [5.41, 5.74) is 0. The van der Waals surface area contributed by atoms with Crippen molar-refractivity contribution in [2.45, 2.75) is 0 Å². The summed E-state index contributed by atoms with van der Waals surface area (Å²) >= 11 is 0. The molecule has 8 nitrogen and oxygen atoms in total. The lowest BCUT2D eigenvalue weighted by molar-refractivity contribution is 0.208. The van der Waals surface area contributed by atoms with Gasteiger partial charge >= 0.3 is 6.03 Å². The SMILES string of the molecule is O=C(Nc1ccc(O)cn1)N1CCN(c2ncccn2)CC1. The third-order valence-corrected chi connectivity index (χ3v) is 3.38. The molecule has 0 bridgehead atoms. The number of pyridine rings is 1. The first-order valence-electron chi connectivity index (χ1n) is 6.95. The van der Waals surface area contributed by atoms with Gasteiger partial charge in [0.15, 0.2) is 0 Å². The fraction of sp³-hybridized carbons (Fsp3) is 0.286. The van der Waals surface area contributed by atoms with Crippen LogP contribution in [0.4, 0.5) is 16.6 Å². The number of urea groups is 1. The molecule has 0 aliphatic carbocycles. The Balaban J connectivity index is 1.54. The van der Waals surface area contributed by atoms with Crippen LogP contribution in [0.1, 0.15) is 0 Å². The van der Waals surface area contributed by atoms with Crippen LogP contribution in [0.3, 0.4) is 0 Å². The Morgan fingerprint density at radius 1 is 1.09 bits per heavy atom. The van der Waals surface area contributed by atoms with E-state index < -0.39 is 0 Å². The average Bonchev–Trinajstić information content (AvgIpc) is 2.58. The smallest absolute Gasteiger partial charge is 0.323 e. The van der Waals surface area contributed by atoms with E-state index in [2.05, 4.69) is 20.3 Å². The molecule has 22 heavy (non-hydrogen) atoms. The fourth-order valence-corrected chi connectivity index (χ4v) is 2.21. The number of carbonyl (C=O) groups excluding carboxylic acids is 1. The number of piperazine rings is 1. The van der Waals surface area contributed by atoms with Gasteiger partial charge in [-0.2, -0.15) is 0 Å². The maximum Gasteiger partial charge on any atom is 0.323 e. The normalized spacial score (nSPS) is 14.7. The summed E-state index contributed by atoms with van der Waals surface area (Å²) in [6.45, 7) is 2.53. The monoisotopic (exact) mass is 300 g/mol. The lowest BCUT2D eigenvalue weighted by Crippen LogP contribution is -2.50. The number of carbonyl (C=O) groups is 1. The van der Waals surface area contributed by atoms with Crippen molar-refractivity contribution in [3.05, 3.63) is 36.8 Å². The van der Waals surface area contributed by atoms with E-state index in [1.165, 1.54) is 12.3 Å². The van der Waals surface area contributed by atoms with E-state index in [1.807, 2.05) is 4.90 Å². The quantitative estimate of drug-likeness (QED) is 0.857. The van der Waals surface area contributed by atoms with Crippen LogP contribution in [0.25, 0.3) is 0 Å². The van der Waals surface area contributed by atoms with Gasteiger partial charge in [0, 0.05) is 38.6 Å². The van der Waals surface area contributed by atoms with Crippen LogP contribution < -0.4 is 10.2 Å². The van der Waals surface area contributed by atoms with Crippen molar-refractivity contribution in [2.75, 3.05) is 36.4 Å². The van der Waals surface area contributed by atoms with Crippen LogP contribution in [0, 0.1) is 0 Å². The summed E-state index contributed by atoms with van der Waals surface area (Å²) in [7, 11) is 0. The van der Waals surface area contributed by atoms with Crippen LogP contribution >= 0.6 is 0 Å². The maximum absolute atomic E-state index is 12.2. The van der Waals surface area contributed by atoms with Crippen molar-refractivity contribution >= 4 is 17.8 Å². The number of aromatic hydroxyl groups is 1. The van der Waals surface area contributed by atoms with Gasteiger partial charge in [0.1, 0.15) is 11.6 Å². The Labute approximate surface area is 127 Å². The molecular formula is C14H16N6O2. The van der Waals surface area contributed by atoms with Crippen LogP contribution in [-0.4, -0.2) is 57.2 Å². The Kier molecular flexibility index (Phi) is 3.99. The highest BCUT2D eigenvalue weighted by molar-refractivity contribution is 5.88. The summed E-state index contributed by atoms with van der Waals surface area (Å²) in [5.74, 6) is 1.16. The number of rotatable bonds is 2. The topological polar surface area (TPSA) is 94.5 Å². The molecule has 3 heterocycles. The molecule has 0 unspecified atom stereocenters. The largest absolute Gasteiger partial charge is 0.506 e. The molecule has 2 N–H and O–H groups in total. The van der Waals surface area contributed by atoms with Crippen LogP contribution in [-0.2, 0) is 0 Å². The van der Waals surface area contributed by atoms with Crippen molar-refractivity contribution in [1.29, 1.82) is 0 Å². The zero-order valence-corrected chi connectivity index (χ0v) is 11.9. The minimum atomic E-state index is -0.202. The molecule has 2 amide bonds. The van der Waals surface area contributed by atoms with Crippen molar-refractivity contribution in [3.8, 4) is 5.75 Å². The number of nitrogens with zero attached hydrogens (tertiary/aromatic N) is 5. The van der Waals surface area contributed by atoms with Gasteiger partial charge in [-0.15, -0.1) is 0 Å². The van der Waals surface area contributed by atoms with Crippen LogP contribution in [0.15, 0.2) is 36.8 Å². The van der Waals surface area contributed by atoms with Crippen molar-refractivity contribution in [1.82, 2.24) is 19.9 Å². The van der Waals surface area contributed by atoms with E-state index in [9.17, 15) is 9.90 Å². The summed E-state index contributed by atoms with van der Waals surface area (Å²) in [6.07, 6.45) is 4.70. The first-order chi connectivity index (χ1) is 10.7. The molecule has 0 spiro atoms. The molecule has 2 aromatic heterocycles. The van der Waals surface area contributed by atoms with E-state index >= 15 is 0 Å². The molecule has 0 atom stereocenters. The average molecular weight is 300 g/mol. The number of anilines is 2. The van der Waals surface area contributed by atoms with Gasteiger partial charge in [-0.3, -0.25) is 5.32 Å². The van der Waals surface area contributed by atoms with Crippen molar-refractivity contribution < 1.29 is 9.90 Å². The Morgan fingerprint density at radius 2 is 1.82 bits per heavy atom. The molecule has 0 aromatic carbocycles. The summed E-state index contributed by atoms with van der Waals surface area (Å²) in [6, 6.07) is 4.61. The van der Waals surface area contributed by atoms with Crippen molar-refractivity contribution in [2.24, 2.45) is 0 Å². The van der Waals surface area contributed by atoms with E-state index in [4.69, 9.17) is 0 Å². The number of hydrogen-bond acceptors (Lipinski definition) is 6. The number of aromatic nitrogens is 3. The maximum atomic E-state index is 12.2. The van der Waals surface area contributed by atoms with Crippen LogP contribution in [0.5, 0.6) is 5.75 Å². The zero-order chi connectivity index (χ0) is 15.4. The van der Waals surface area contributed by atoms with Gasteiger partial charge in [-0.1, -0.05) is 0 Å². The molecule has 2 aromatic rings. The molecule has 114 valence electrons. The molecule has 1 fully saturated rings. The van der Waals surface area contributed by atoms with Gasteiger partial charge < -0.3 is 14.9 Å². The second-order valence-electron chi connectivity index (χ2n) is 4.85. The molecule has 3 rings (SSSR count). The molecule has 0 radical (unpaired) electrons. The van der Waals surface area contributed by atoms with Crippen molar-refractivity contribution in [3.63, 3.8) is 0 Å². The van der Waals surface area contributed by atoms with E-state index in [-0.39, 0.29) is 11.8 Å². The summed E-state index contributed by atoms with van der Waals surface area (Å²) < 4.78 is 0. The molecule has 1 saturated heterocycles. The minimum absolute atomic E-state index is 0.0643. The molecule has 0 saturated carbocycles. The fourth-order valence-electron chi connectivity index (χ4n) is 2.21. The predicted octanol–water partition coefficient (Wildman–Crippen LogP) is 0.931. The van der Waals surface area contributed by atoms with E-state index in [0.29, 0.717) is 37.9 Å². The number of amides is 2. The first-order valence-corrected chi connectivity index (χ1v) is 6.95. The molecular weight excluding hydrogens is 284 g/mol. The third kappa shape index (κ3) is 3.22. The third-order valence-electron chi connectivity index (χ3n) is 3.38. The Morgan fingerprint density at radius 3 is 2.45 bits per heavy atom. The lowest BCUT2D eigenvalue weighted by Gasteiger charge is -2.34. The highest BCUT2D eigenvalue weighted by Crippen LogP contribution is 2.13.